The second kappa shape index (κ2) is 9.26. The molecule has 0 radical (unpaired) electrons. The summed E-state index contributed by atoms with van der Waals surface area (Å²) in [5.74, 6) is -1.23. The maximum atomic E-state index is 12.6. The van der Waals surface area contributed by atoms with E-state index in [1.54, 1.807) is 6.08 Å². The Labute approximate surface area is 199 Å². The second-order valence-electron chi connectivity index (χ2n) is 10.1. The predicted molar refractivity (Wildman–Crippen MR) is 128 cm³/mol. The molecule has 3 N–H and O–H groups in total. The van der Waals surface area contributed by atoms with Crippen LogP contribution in [0.1, 0.15) is 58.4 Å². The average molecular weight is 471 g/mol. The molecule has 7 heteroatoms. The number of rotatable bonds is 5. The average Bonchev–Trinajstić information content (AvgIpc) is 3.21. The number of nitrogens with one attached hydrogen (secondary N) is 2. The summed E-state index contributed by atoms with van der Waals surface area (Å²) >= 11 is 6.10. The maximum absolute atomic E-state index is 12.6. The molecule has 3 atom stereocenters. The van der Waals surface area contributed by atoms with Gasteiger partial charge in [0.15, 0.2) is 0 Å². The van der Waals surface area contributed by atoms with E-state index in [1.807, 2.05) is 51.1 Å². The fraction of sp³-hybridized carbons (Fsp3) is 0.462. The van der Waals surface area contributed by atoms with Gasteiger partial charge in [-0.1, -0.05) is 29.8 Å². The number of esters is 1. The highest BCUT2D eigenvalue weighted by molar-refractivity contribution is 6.30. The summed E-state index contributed by atoms with van der Waals surface area (Å²) < 4.78 is 5.60. The van der Waals surface area contributed by atoms with E-state index >= 15 is 0 Å². The Hall–Kier alpha value is -2.73. The van der Waals surface area contributed by atoms with Gasteiger partial charge in [0.25, 0.3) is 0 Å². The minimum Gasteiger partial charge on any atom is -0.481 e. The summed E-state index contributed by atoms with van der Waals surface area (Å²) in [6.07, 6.45) is 7.48. The first-order valence-corrected chi connectivity index (χ1v) is 11.9. The molecule has 1 aliphatic heterocycles. The summed E-state index contributed by atoms with van der Waals surface area (Å²) in [4.78, 5) is 24.1. The molecule has 0 saturated heterocycles. The molecule has 33 heavy (non-hydrogen) atoms. The molecule has 1 heterocycles. The Balaban J connectivity index is 1.57. The quantitative estimate of drug-likeness (QED) is 0.511. The van der Waals surface area contributed by atoms with Crippen molar-refractivity contribution in [3.8, 4) is 0 Å². The highest BCUT2D eigenvalue weighted by atomic mass is 35.5. The van der Waals surface area contributed by atoms with E-state index in [9.17, 15) is 14.7 Å². The third-order valence-corrected chi connectivity index (χ3v) is 6.56. The van der Waals surface area contributed by atoms with E-state index in [0.717, 1.165) is 54.0 Å². The number of hydrogen-bond acceptors (Lipinski definition) is 5. The van der Waals surface area contributed by atoms with E-state index < -0.39 is 17.5 Å². The van der Waals surface area contributed by atoms with Crippen molar-refractivity contribution < 1.29 is 19.4 Å². The molecule has 3 unspecified atom stereocenters. The molecular weight excluding hydrogens is 440 g/mol. The Morgan fingerprint density at radius 3 is 2.52 bits per heavy atom. The zero-order valence-corrected chi connectivity index (χ0v) is 20.0. The summed E-state index contributed by atoms with van der Waals surface area (Å²) in [5.41, 5.74) is 4.17. The number of hydrogen-bond donors (Lipinski definition) is 3. The van der Waals surface area contributed by atoms with Gasteiger partial charge in [-0.3, -0.25) is 9.59 Å². The van der Waals surface area contributed by atoms with Gasteiger partial charge in [0.2, 0.25) is 0 Å². The van der Waals surface area contributed by atoms with Crippen LogP contribution in [0.4, 0.5) is 0 Å². The summed E-state index contributed by atoms with van der Waals surface area (Å²) in [6.45, 7) is 5.68. The lowest BCUT2D eigenvalue weighted by molar-refractivity contribution is -0.159. The van der Waals surface area contributed by atoms with Crippen LogP contribution in [-0.4, -0.2) is 22.6 Å². The number of fused-ring (bicyclic) bond motifs is 1. The minimum atomic E-state index is -0.829. The van der Waals surface area contributed by atoms with Crippen LogP contribution in [0, 0.1) is 17.8 Å². The number of carbonyl (C=O) groups is 2. The van der Waals surface area contributed by atoms with E-state index in [1.165, 1.54) is 0 Å². The van der Waals surface area contributed by atoms with Crippen LogP contribution in [0.3, 0.4) is 0 Å². The van der Waals surface area contributed by atoms with Crippen LogP contribution in [0.25, 0.3) is 5.70 Å². The molecule has 1 aromatic carbocycles. The Bertz CT molecular complexity index is 1030. The molecule has 176 valence electrons. The molecule has 4 rings (SSSR count). The van der Waals surface area contributed by atoms with Crippen LogP contribution in [-0.2, 0) is 14.3 Å². The summed E-state index contributed by atoms with van der Waals surface area (Å²) in [7, 11) is 0. The lowest BCUT2D eigenvalue weighted by Gasteiger charge is -2.32. The predicted octanol–water partition coefficient (Wildman–Crippen LogP) is 5.22. The number of allylic oxidation sites excluding steroid dienone is 2. The Morgan fingerprint density at radius 1 is 1.12 bits per heavy atom. The monoisotopic (exact) mass is 470 g/mol. The second-order valence-corrected chi connectivity index (χ2v) is 10.5. The van der Waals surface area contributed by atoms with Crippen molar-refractivity contribution in [1.29, 1.82) is 0 Å². The van der Waals surface area contributed by atoms with E-state index in [4.69, 9.17) is 16.3 Å². The van der Waals surface area contributed by atoms with Crippen LogP contribution in [0.2, 0.25) is 5.02 Å². The normalized spacial score (nSPS) is 24.8. The molecule has 0 spiro atoms. The topological polar surface area (TPSA) is 87.7 Å². The number of carboxylic acid groups (broad SMARTS) is 1. The minimum absolute atomic E-state index is 0.0777. The Morgan fingerprint density at radius 2 is 1.85 bits per heavy atom. The van der Waals surface area contributed by atoms with Crippen molar-refractivity contribution in [3.05, 3.63) is 64.1 Å². The van der Waals surface area contributed by atoms with Crippen molar-refractivity contribution in [2.24, 2.45) is 17.8 Å². The molecule has 6 nitrogen and oxygen atoms in total. The standard InChI is InChI=1S/C26H31ClN2O4/c1-26(2,3)33-25(32)18-5-4-15(12-18)13-22-23(16-6-9-19(27)10-7-16)29-20-11-8-17(24(30)31)14-21(20)28-22/h6-7,9-11,14-15,17-18,28-29H,4-5,8,12-13H2,1-3H3,(H,30,31). The largest absolute Gasteiger partial charge is 0.481 e. The van der Waals surface area contributed by atoms with Crippen molar-refractivity contribution >= 4 is 29.2 Å². The fourth-order valence-electron chi connectivity index (χ4n) is 4.71. The van der Waals surface area contributed by atoms with Crippen LogP contribution in [0.5, 0.6) is 0 Å². The van der Waals surface area contributed by atoms with Crippen molar-refractivity contribution in [3.63, 3.8) is 0 Å². The fourth-order valence-corrected chi connectivity index (χ4v) is 4.84. The Kier molecular flexibility index (Phi) is 6.57. The highest BCUT2D eigenvalue weighted by Crippen LogP contribution is 2.39. The number of aliphatic carboxylic acids is 1. The van der Waals surface area contributed by atoms with Gasteiger partial charge in [-0.15, -0.1) is 0 Å². The van der Waals surface area contributed by atoms with E-state index in [-0.39, 0.29) is 11.9 Å². The molecule has 1 aromatic rings. The molecule has 1 fully saturated rings. The van der Waals surface area contributed by atoms with Gasteiger partial charge in [-0.2, -0.15) is 0 Å². The van der Waals surface area contributed by atoms with Gasteiger partial charge in [-0.25, -0.2) is 0 Å². The van der Waals surface area contributed by atoms with E-state index in [2.05, 4.69) is 10.6 Å². The molecule has 0 bridgehead atoms. The zero-order valence-electron chi connectivity index (χ0n) is 19.3. The first kappa shape index (κ1) is 23.4. The number of carboxylic acids is 1. The van der Waals surface area contributed by atoms with Crippen LogP contribution < -0.4 is 10.6 Å². The molecule has 0 amide bonds. The van der Waals surface area contributed by atoms with Gasteiger partial charge in [-0.05, 0) is 82.6 Å². The summed E-state index contributed by atoms with van der Waals surface area (Å²) in [6, 6.07) is 7.67. The smallest absolute Gasteiger partial charge is 0.310 e. The lowest BCUT2D eigenvalue weighted by Crippen LogP contribution is -2.34. The van der Waals surface area contributed by atoms with E-state index in [0.29, 0.717) is 17.4 Å². The third kappa shape index (κ3) is 5.61. The SMILES string of the molecule is CC(C)(C)OC(=O)C1CCC(CC2=C(c3ccc(Cl)cc3)NC3=CCC(C(=O)O)C=C3N2)C1. The highest BCUT2D eigenvalue weighted by Gasteiger charge is 2.35. The van der Waals surface area contributed by atoms with Gasteiger partial charge in [0.1, 0.15) is 5.60 Å². The van der Waals surface area contributed by atoms with Crippen molar-refractivity contribution in [1.82, 2.24) is 10.6 Å². The van der Waals surface area contributed by atoms with Gasteiger partial charge in [0, 0.05) is 10.7 Å². The zero-order chi connectivity index (χ0) is 23.8. The molecule has 1 saturated carbocycles. The summed E-state index contributed by atoms with van der Waals surface area (Å²) in [5, 5.41) is 17.2. The number of benzene rings is 1. The number of halogens is 1. The van der Waals surface area contributed by atoms with Gasteiger partial charge >= 0.3 is 11.9 Å². The van der Waals surface area contributed by atoms with Crippen LogP contribution in [0.15, 0.2) is 53.5 Å². The third-order valence-electron chi connectivity index (χ3n) is 6.31. The molecule has 2 aliphatic carbocycles. The van der Waals surface area contributed by atoms with Crippen molar-refractivity contribution in [2.45, 2.75) is 58.5 Å². The molecule has 0 aromatic heterocycles. The number of carbonyl (C=O) groups excluding carboxylic acids is 1. The van der Waals surface area contributed by atoms with Crippen molar-refractivity contribution in [2.75, 3.05) is 0 Å². The van der Waals surface area contributed by atoms with Crippen LogP contribution >= 0.6 is 11.6 Å². The molecular formula is C26H31ClN2O4. The molecule has 3 aliphatic rings. The van der Waals surface area contributed by atoms with Gasteiger partial charge in [0.05, 0.1) is 28.9 Å². The first-order valence-electron chi connectivity index (χ1n) is 11.5. The van der Waals surface area contributed by atoms with Gasteiger partial charge < -0.3 is 20.5 Å². The maximum Gasteiger partial charge on any atom is 0.310 e. The lowest BCUT2D eigenvalue weighted by atomic mass is 9.92. The number of ether oxygens (including phenoxy) is 1. The first-order chi connectivity index (χ1) is 15.6.